The Kier molecular flexibility index (Phi) is 4.56. The largest absolute Gasteiger partial charge is 0.495 e. The second-order valence-electron chi connectivity index (χ2n) is 5.49. The summed E-state index contributed by atoms with van der Waals surface area (Å²) in [7, 11) is -2.65. The van der Waals surface area contributed by atoms with Gasteiger partial charge in [0.05, 0.1) is 18.1 Å². The highest BCUT2D eigenvalue weighted by Gasteiger charge is 2.23. The molecule has 26 heavy (non-hydrogen) atoms. The van der Waals surface area contributed by atoms with Crippen molar-refractivity contribution in [1.29, 1.82) is 0 Å². The van der Waals surface area contributed by atoms with Crippen molar-refractivity contribution < 1.29 is 27.6 Å². The van der Waals surface area contributed by atoms with Crippen molar-refractivity contribution >= 4 is 32.8 Å². The standard InChI is InChI=1S/C17H16N2O6S/c1-3-10-4-6-14(24-2)15(8-10)26(22,23)19-16-12-9-11(17(20)21)5-7-13(12)25-18-16/h4-9H,3H2,1-2H3,(H,18,19)(H,20,21). The van der Waals surface area contributed by atoms with Crippen LogP contribution in [-0.4, -0.2) is 31.8 Å². The molecule has 0 saturated heterocycles. The molecular weight excluding hydrogens is 360 g/mol. The van der Waals surface area contributed by atoms with Crippen LogP contribution in [0.15, 0.2) is 45.8 Å². The van der Waals surface area contributed by atoms with Crippen LogP contribution in [-0.2, 0) is 16.4 Å². The van der Waals surface area contributed by atoms with E-state index >= 15 is 0 Å². The van der Waals surface area contributed by atoms with E-state index in [-0.39, 0.29) is 33.0 Å². The summed E-state index contributed by atoms with van der Waals surface area (Å²) in [6.07, 6.45) is 0.654. The van der Waals surface area contributed by atoms with Gasteiger partial charge in [-0.05, 0) is 42.3 Å². The molecule has 0 fully saturated rings. The lowest BCUT2D eigenvalue weighted by Crippen LogP contribution is -2.15. The average Bonchev–Trinajstić information content (AvgIpc) is 3.02. The molecule has 1 heterocycles. The second-order valence-corrected chi connectivity index (χ2v) is 7.14. The molecule has 8 nitrogen and oxygen atoms in total. The topological polar surface area (TPSA) is 119 Å². The Morgan fingerprint density at radius 3 is 2.69 bits per heavy atom. The second kappa shape index (κ2) is 6.68. The number of carboxylic acid groups (broad SMARTS) is 1. The van der Waals surface area contributed by atoms with E-state index < -0.39 is 16.0 Å². The van der Waals surface area contributed by atoms with Gasteiger partial charge in [0.15, 0.2) is 11.4 Å². The average molecular weight is 376 g/mol. The van der Waals surface area contributed by atoms with Crippen LogP contribution in [0.5, 0.6) is 5.75 Å². The number of carboxylic acids is 1. The Morgan fingerprint density at radius 2 is 2.04 bits per heavy atom. The number of fused-ring (bicyclic) bond motifs is 1. The first kappa shape index (κ1) is 17.7. The SMILES string of the molecule is CCc1ccc(OC)c(S(=O)(=O)Nc2noc3ccc(C(=O)O)cc23)c1. The number of aromatic carboxylic acids is 1. The minimum absolute atomic E-state index is 0.00768. The summed E-state index contributed by atoms with van der Waals surface area (Å²) < 4.78 is 38.2. The quantitative estimate of drug-likeness (QED) is 0.679. The highest BCUT2D eigenvalue weighted by atomic mass is 32.2. The number of sulfonamides is 1. The van der Waals surface area contributed by atoms with Crippen molar-refractivity contribution in [1.82, 2.24) is 5.16 Å². The van der Waals surface area contributed by atoms with Gasteiger partial charge in [-0.1, -0.05) is 18.1 Å². The van der Waals surface area contributed by atoms with E-state index in [2.05, 4.69) is 9.88 Å². The van der Waals surface area contributed by atoms with Crippen molar-refractivity contribution in [3.63, 3.8) is 0 Å². The highest BCUT2D eigenvalue weighted by Crippen LogP contribution is 2.30. The molecule has 0 radical (unpaired) electrons. The first-order chi connectivity index (χ1) is 12.4. The van der Waals surface area contributed by atoms with Gasteiger partial charge in [-0.25, -0.2) is 13.2 Å². The summed E-state index contributed by atoms with van der Waals surface area (Å²) in [5.74, 6) is -1.04. The molecule has 136 valence electrons. The fourth-order valence-electron chi connectivity index (χ4n) is 2.48. The van der Waals surface area contributed by atoms with Gasteiger partial charge < -0.3 is 14.4 Å². The van der Waals surface area contributed by atoms with Crippen molar-refractivity contribution in [3.05, 3.63) is 47.5 Å². The smallest absolute Gasteiger partial charge is 0.335 e. The lowest BCUT2D eigenvalue weighted by atomic mass is 10.1. The Bertz CT molecular complexity index is 1090. The van der Waals surface area contributed by atoms with Crippen molar-refractivity contribution in [3.8, 4) is 5.75 Å². The number of rotatable bonds is 6. The highest BCUT2D eigenvalue weighted by molar-refractivity contribution is 7.92. The maximum Gasteiger partial charge on any atom is 0.335 e. The van der Waals surface area contributed by atoms with Crippen LogP contribution >= 0.6 is 0 Å². The van der Waals surface area contributed by atoms with Gasteiger partial charge in [0.25, 0.3) is 10.0 Å². The molecule has 9 heteroatoms. The number of aryl methyl sites for hydroxylation is 1. The molecule has 0 aliphatic heterocycles. The number of anilines is 1. The van der Waals surface area contributed by atoms with E-state index in [1.54, 1.807) is 12.1 Å². The van der Waals surface area contributed by atoms with Crippen LogP contribution in [0.1, 0.15) is 22.8 Å². The summed E-state index contributed by atoms with van der Waals surface area (Å²) in [6, 6.07) is 8.95. The van der Waals surface area contributed by atoms with Crippen LogP contribution in [0, 0.1) is 0 Å². The molecule has 2 N–H and O–H groups in total. The van der Waals surface area contributed by atoms with Gasteiger partial charge in [-0.2, -0.15) is 0 Å². The third-order valence-corrected chi connectivity index (χ3v) is 5.23. The minimum atomic E-state index is -4.03. The third-order valence-electron chi connectivity index (χ3n) is 3.87. The van der Waals surface area contributed by atoms with E-state index in [0.717, 1.165) is 5.56 Å². The van der Waals surface area contributed by atoms with Crippen LogP contribution in [0.3, 0.4) is 0 Å². The molecule has 0 amide bonds. The van der Waals surface area contributed by atoms with Crippen molar-refractivity contribution in [2.24, 2.45) is 0 Å². The van der Waals surface area contributed by atoms with Crippen LogP contribution in [0.4, 0.5) is 5.82 Å². The predicted molar refractivity (Wildman–Crippen MR) is 94.1 cm³/mol. The first-order valence-corrected chi connectivity index (χ1v) is 9.16. The van der Waals surface area contributed by atoms with Gasteiger partial charge in [-0.3, -0.25) is 4.72 Å². The van der Waals surface area contributed by atoms with Gasteiger partial charge in [0, 0.05) is 0 Å². The fraction of sp³-hybridized carbons (Fsp3) is 0.176. The molecule has 0 atom stereocenters. The van der Waals surface area contributed by atoms with E-state index in [9.17, 15) is 13.2 Å². The fourth-order valence-corrected chi connectivity index (χ4v) is 3.71. The Hall–Kier alpha value is -3.07. The number of hydrogen-bond acceptors (Lipinski definition) is 6. The summed E-state index contributed by atoms with van der Waals surface area (Å²) in [6.45, 7) is 1.91. The number of ether oxygens (including phenoxy) is 1. The number of nitrogens with one attached hydrogen (secondary N) is 1. The number of hydrogen-bond donors (Lipinski definition) is 2. The van der Waals surface area contributed by atoms with Gasteiger partial charge in [0.1, 0.15) is 10.6 Å². The number of carbonyl (C=O) groups is 1. The number of nitrogens with zero attached hydrogens (tertiary/aromatic N) is 1. The molecule has 3 rings (SSSR count). The molecule has 3 aromatic rings. The molecule has 0 saturated carbocycles. The zero-order valence-electron chi connectivity index (χ0n) is 14.0. The molecular formula is C17H16N2O6S. The van der Waals surface area contributed by atoms with E-state index in [4.69, 9.17) is 14.4 Å². The van der Waals surface area contributed by atoms with Gasteiger partial charge >= 0.3 is 5.97 Å². The monoisotopic (exact) mass is 376 g/mol. The van der Waals surface area contributed by atoms with E-state index in [0.29, 0.717) is 6.42 Å². The number of aromatic nitrogens is 1. The van der Waals surface area contributed by atoms with Crippen LogP contribution < -0.4 is 9.46 Å². The Morgan fingerprint density at radius 1 is 1.27 bits per heavy atom. The lowest BCUT2D eigenvalue weighted by Gasteiger charge is -2.11. The van der Waals surface area contributed by atoms with Gasteiger partial charge in [-0.15, -0.1) is 0 Å². The molecule has 0 aliphatic carbocycles. The lowest BCUT2D eigenvalue weighted by molar-refractivity contribution is 0.0697. The van der Waals surface area contributed by atoms with Crippen molar-refractivity contribution in [2.45, 2.75) is 18.2 Å². The summed E-state index contributed by atoms with van der Waals surface area (Å²) in [5, 5.41) is 13.1. The van der Waals surface area contributed by atoms with Crippen LogP contribution in [0.2, 0.25) is 0 Å². The molecule has 0 bridgehead atoms. The van der Waals surface area contributed by atoms with E-state index in [1.807, 2.05) is 6.92 Å². The van der Waals surface area contributed by atoms with Crippen molar-refractivity contribution in [2.75, 3.05) is 11.8 Å². The normalized spacial score (nSPS) is 11.5. The molecule has 0 aliphatic rings. The zero-order valence-corrected chi connectivity index (χ0v) is 14.8. The number of methoxy groups -OCH3 is 1. The maximum atomic E-state index is 12.8. The third kappa shape index (κ3) is 3.21. The zero-order chi connectivity index (χ0) is 18.9. The van der Waals surface area contributed by atoms with E-state index in [1.165, 1.54) is 31.4 Å². The summed E-state index contributed by atoms with van der Waals surface area (Å²) >= 11 is 0. The predicted octanol–water partition coefficient (Wildman–Crippen LogP) is 2.90. The first-order valence-electron chi connectivity index (χ1n) is 7.68. The summed E-state index contributed by atoms with van der Waals surface area (Å²) in [5.41, 5.74) is 1.08. The minimum Gasteiger partial charge on any atom is -0.495 e. The van der Waals surface area contributed by atoms with Crippen LogP contribution in [0.25, 0.3) is 11.0 Å². The number of benzene rings is 2. The molecule has 2 aromatic carbocycles. The molecule has 0 unspecified atom stereocenters. The molecule has 1 aromatic heterocycles. The summed E-state index contributed by atoms with van der Waals surface area (Å²) in [4.78, 5) is 11.1. The van der Waals surface area contributed by atoms with Gasteiger partial charge in [0.2, 0.25) is 0 Å². The Labute approximate surface area is 149 Å². The Balaban J connectivity index is 2.07. The molecule has 0 spiro atoms. The maximum absolute atomic E-state index is 12.8.